The van der Waals surface area contributed by atoms with Crippen molar-refractivity contribution in [2.75, 3.05) is 5.32 Å². The van der Waals surface area contributed by atoms with E-state index >= 15 is 0 Å². The molecule has 2 N–H and O–H groups in total. The maximum atomic E-state index is 13.0. The van der Waals surface area contributed by atoms with Crippen molar-refractivity contribution in [2.24, 2.45) is 0 Å². The Morgan fingerprint density at radius 2 is 1.30 bits per heavy atom. The third-order valence-corrected chi connectivity index (χ3v) is 5.83. The first-order valence-corrected chi connectivity index (χ1v) is 11.0. The first kappa shape index (κ1) is 22.9. The Bertz CT molecular complexity index is 1350. The molecule has 33 heavy (non-hydrogen) atoms. The molecule has 163 valence electrons. The Morgan fingerprint density at radius 3 is 1.94 bits per heavy atom. The summed E-state index contributed by atoms with van der Waals surface area (Å²) in [5.41, 5.74) is 11.3. The summed E-state index contributed by atoms with van der Waals surface area (Å²) in [5.74, 6) is -1.51. The number of anilines is 1. The predicted octanol–water partition coefficient (Wildman–Crippen LogP) is 7.66. The lowest BCUT2D eigenvalue weighted by Gasteiger charge is -2.16. The normalized spacial score (nSPS) is 10.6. The topological polar surface area (TPSA) is 70.0 Å². The Hall–Kier alpha value is -3.31. The molecule has 4 aromatic rings. The smallest absolute Gasteiger partial charge is 0.271 e. The fourth-order valence-corrected chi connectivity index (χ4v) is 4.19. The number of carbonyl (C=O) groups excluding carboxylic acids is 2. The standard InChI is InChI=1S/C26H16Cl3N2O2/c27-18-10-11-20(23(29)14-18)26(33)31-24-21(12-19(28)13-22(24)25(30)32)17-8-6-16(7-9-17)15-4-2-1-3-5-15/h1-14,30H,(H,31,33). The van der Waals surface area contributed by atoms with E-state index in [-0.39, 0.29) is 26.9 Å². The molecular formula is C26H16Cl3N2O2. The molecule has 0 aromatic heterocycles. The third kappa shape index (κ3) is 5.04. The van der Waals surface area contributed by atoms with Crippen LogP contribution in [0.1, 0.15) is 20.7 Å². The van der Waals surface area contributed by atoms with E-state index in [2.05, 4.69) is 5.32 Å². The lowest BCUT2D eigenvalue weighted by Crippen LogP contribution is -2.16. The molecule has 0 atom stereocenters. The molecule has 0 aliphatic carbocycles. The Balaban J connectivity index is 1.78. The molecule has 0 saturated heterocycles. The average Bonchev–Trinajstić information content (AvgIpc) is 2.80. The number of benzene rings is 4. The van der Waals surface area contributed by atoms with Crippen LogP contribution in [-0.4, -0.2) is 11.8 Å². The minimum atomic E-state index is -0.975. The van der Waals surface area contributed by atoms with Gasteiger partial charge >= 0.3 is 0 Å². The van der Waals surface area contributed by atoms with Crippen LogP contribution in [0.4, 0.5) is 5.69 Å². The minimum Gasteiger partial charge on any atom is -0.321 e. The van der Waals surface area contributed by atoms with Crippen LogP contribution in [0.5, 0.6) is 0 Å². The van der Waals surface area contributed by atoms with E-state index < -0.39 is 11.8 Å². The number of amides is 2. The first-order valence-electron chi connectivity index (χ1n) is 9.85. The van der Waals surface area contributed by atoms with Crippen molar-refractivity contribution in [3.8, 4) is 22.3 Å². The highest BCUT2D eigenvalue weighted by atomic mass is 35.5. The highest BCUT2D eigenvalue weighted by Crippen LogP contribution is 2.36. The fraction of sp³-hybridized carbons (Fsp3) is 0. The van der Waals surface area contributed by atoms with E-state index in [1.54, 1.807) is 12.1 Å². The third-order valence-electron chi connectivity index (χ3n) is 5.07. The van der Waals surface area contributed by atoms with Gasteiger partial charge < -0.3 is 5.32 Å². The number of hydrogen-bond donors (Lipinski definition) is 1. The van der Waals surface area contributed by atoms with Crippen LogP contribution < -0.4 is 11.1 Å². The Labute approximate surface area is 205 Å². The van der Waals surface area contributed by atoms with Gasteiger partial charge in [0, 0.05) is 15.6 Å². The van der Waals surface area contributed by atoms with E-state index in [0.29, 0.717) is 10.6 Å². The zero-order chi connectivity index (χ0) is 23.5. The van der Waals surface area contributed by atoms with Crippen molar-refractivity contribution in [3.63, 3.8) is 0 Å². The van der Waals surface area contributed by atoms with Crippen LogP contribution in [0.25, 0.3) is 22.3 Å². The second-order valence-corrected chi connectivity index (χ2v) is 8.51. The van der Waals surface area contributed by atoms with Gasteiger partial charge in [0.05, 0.1) is 21.8 Å². The highest BCUT2D eigenvalue weighted by Gasteiger charge is 2.20. The summed E-state index contributed by atoms with van der Waals surface area (Å²) in [4.78, 5) is 25.1. The van der Waals surface area contributed by atoms with Gasteiger partial charge in [-0.25, -0.2) is 0 Å². The summed E-state index contributed by atoms with van der Waals surface area (Å²) in [6, 6.07) is 25.0. The van der Waals surface area contributed by atoms with Gasteiger partial charge in [0.15, 0.2) is 0 Å². The molecule has 0 aliphatic heterocycles. The van der Waals surface area contributed by atoms with E-state index in [9.17, 15) is 9.59 Å². The number of carbonyl (C=O) groups is 2. The molecule has 0 bridgehead atoms. The van der Waals surface area contributed by atoms with Crippen LogP contribution in [0, 0.1) is 0 Å². The molecule has 0 heterocycles. The van der Waals surface area contributed by atoms with Gasteiger partial charge in [0.25, 0.3) is 11.8 Å². The second kappa shape index (κ2) is 9.67. The van der Waals surface area contributed by atoms with Crippen molar-refractivity contribution in [1.82, 2.24) is 5.73 Å². The fourth-order valence-electron chi connectivity index (χ4n) is 3.48. The first-order chi connectivity index (χ1) is 15.8. The van der Waals surface area contributed by atoms with Gasteiger partial charge in [-0.2, -0.15) is 0 Å². The molecule has 0 aliphatic rings. The van der Waals surface area contributed by atoms with E-state index in [1.807, 2.05) is 54.6 Å². The van der Waals surface area contributed by atoms with Gasteiger partial charge in [-0.15, -0.1) is 0 Å². The average molecular weight is 495 g/mol. The summed E-state index contributed by atoms with van der Waals surface area (Å²) in [7, 11) is 0. The van der Waals surface area contributed by atoms with Crippen molar-refractivity contribution in [1.29, 1.82) is 0 Å². The van der Waals surface area contributed by atoms with Crippen LogP contribution in [0.15, 0.2) is 84.9 Å². The lowest BCUT2D eigenvalue weighted by atomic mass is 9.96. The van der Waals surface area contributed by atoms with Gasteiger partial charge in [0.1, 0.15) is 0 Å². The molecular weight excluding hydrogens is 479 g/mol. The Morgan fingerprint density at radius 1 is 0.667 bits per heavy atom. The zero-order valence-electron chi connectivity index (χ0n) is 17.0. The lowest BCUT2D eigenvalue weighted by molar-refractivity contribution is 0.0993. The SMILES string of the molecule is [NH]C(=O)c1cc(Cl)cc(-c2ccc(-c3ccccc3)cc2)c1NC(=O)c1ccc(Cl)cc1Cl. The maximum Gasteiger partial charge on any atom is 0.271 e. The number of hydrogen-bond acceptors (Lipinski definition) is 2. The summed E-state index contributed by atoms with van der Waals surface area (Å²) in [5, 5.41) is 3.58. The molecule has 4 rings (SSSR count). The van der Waals surface area contributed by atoms with Gasteiger partial charge in [-0.1, -0.05) is 89.4 Å². The number of rotatable bonds is 5. The largest absolute Gasteiger partial charge is 0.321 e. The van der Waals surface area contributed by atoms with Crippen molar-refractivity contribution in [2.45, 2.75) is 0 Å². The minimum absolute atomic E-state index is 0.0249. The van der Waals surface area contributed by atoms with Gasteiger partial charge in [0.2, 0.25) is 0 Å². The summed E-state index contributed by atoms with van der Waals surface area (Å²) in [6.45, 7) is 0. The van der Waals surface area contributed by atoms with Crippen molar-refractivity contribution < 1.29 is 9.59 Å². The molecule has 7 heteroatoms. The molecule has 0 fully saturated rings. The summed E-state index contributed by atoms with van der Waals surface area (Å²) >= 11 is 18.4. The summed E-state index contributed by atoms with van der Waals surface area (Å²) in [6.07, 6.45) is 0. The predicted molar refractivity (Wildman–Crippen MR) is 134 cm³/mol. The van der Waals surface area contributed by atoms with E-state index in [4.69, 9.17) is 40.5 Å². The second-order valence-electron chi connectivity index (χ2n) is 7.23. The molecule has 2 amide bonds. The van der Waals surface area contributed by atoms with Crippen LogP contribution in [0.2, 0.25) is 15.1 Å². The van der Waals surface area contributed by atoms with Crippen LogP contribution in [0.3, 0.4) is 0 Å². The van der Waals surface area contributed by atoms with Crippen molar-refractivity contribution >= 4 is 52.3 Å². The van der Waals surface area contributed by atoms with Crippen LogP contribution >= 0.6 is 34.8 Å². The molecule has 4 nitrogen and oxygen atoms in total. The van der Waals surface area contributed by atoms with Crippen molar-refractivity contribution in [3.05, 3.63) is 111 Å². The van der Waals surface area contributed by atoms with Gasteiger partial charge in [-0.3, -0.25) is 15.3 Å². The summed E-state index contributed by atoms with van der Waals surface area (Å²) < 4.78 is 0. The maximum absolute atomic E-state index is 13.0. The Kier molecular flexibility index (Phi) is 6.70. The molecule has 0 saturated carbocycles. The number of nitrogens with one attached hydrogen (secondary N) is 2. The molecule has 0 unspecified atom stereocenters. The molecule has 0 spiro atoms. The zero-order valence-corrected chi connectivity index (χ0v) is 19.3. The van der Waals surface area contributed by atoms with E-state index in [1.165, 1.54) is 18.2 Å². The molecule has 1 radical (unpaired) electrons. The quantitative estimate of drug-likeness (QED) is 0.309. The van der Waals surface area contributed by atoms with E-state index in [0.717, 1.165) is 16.7 Å². The highest BCUT2D eigenvalue weighted by molar-refractivity contribution is 6.37. The van der Waals surface area contributed by atoms with Gasteiger partial charge in [-0.05, 0) is 47.0 Å². The monoisotopic (exact) mass is 493 g/mol. The van der Waals surface area contributed by atoms with Crippen LogP contribution in [-0.2, 0) is 0 Å². The number of halogens is 3. The molecule has 4 aromatic carbocycles.